The molecule has 2 saturated heterocycles. The molecule has 2 aliphatic rings. The van der Waals surface area contributed by atoms with E-state index in [0.717, 1.165) is 19.0 Å². The van der Waals surface area contributed by atoms with Crippen LogP contribution in [0.5, 0.6) is 0 Å². The van der Waals surface area contributed by atoms with Crippen molar-refractivity contribution in [3.63, 3.8) is 0 Å². The number of piperidine rings is 1. The highest BCUT2D eigenvalue weighted by Crippen LogP contribution is 2.30. The molecule has 2 fully saturated rings. The van der Waals surface area contributed by atoms with Gasteiger partial charge in [0.1, 0.15) is 0 Å². The molecule has 21 heavy (non-hydrogen) atoms. The third kappa shape index (κ3) is 3.09. The average molecular weight is 287 g/mol. The quantitative estimate of drug-likeness (QED) is 0.927. The van der Waals surface area contributed by atoms with Crippen LogP contribution in [0, 0.1) is 6.92 Å². The topological polar surface area (TPSA) is 32.5 Å². The predicted octanol–water partition coefficient (Wildman–Crippen LogP) is 2.56. The highest BCUT2D eigenvalue weighted by molar-refractivity contribution is 5.56. The smallest absolute Gasteiger partial charge is 0.0399 e. The SMILES string of the molecule is Cc1cc(CCN)ccc1N1CC2CCCCN2CC1C. The van der Waals surface area contributed by atoms with E-state index in [1.807, 2.05) is 0 Å². The van der Waals surface area contributed by atoms with E-state index in [1.165, 1.54) is 55.7 Å². The van der Waals surface area contributed by atoms with Gasteiger partial charge in [-0.1, -0.05) is 18.6 Å². The summed E-state index contributed by atoms with van der Waals surface area (Å²) in [6.07, 6.45) is 5.13. The first-order chi connectivity index (χ1) is 10.2. The molecule has 1 aromatic carbocycles. The van der Waals surface area contributed by atoms with Crippen LogP contribution in [-0.4, -0.2) is 43.2 Å². The lowest BCUT2D eigenvalue weighted by Gasteiger charge is -2.48. The van der Waals surface area contributed by atoms with Crippen LogP contribution in [0.3, 0.4) is 0 Å². The summed E-state index contributed by atoms with van der Waals surface area (Å²) < 4.78 is 0. The molecule has 2 atom stereocenters. The lowest BCUT2D eigenvalue weighted by atomic mass is 9.95. The number of anilines is 1. The monoisotopic (exact) mass is 287 g/mol. The third-order valence-corrected chi connectivity index (χ3v) is 5.19. The zero-order chi connectivity index (χ0) is 14.8. The Hall–Kier alpha value is -1.06. The van der Waals surface area contributed by atoms with Crippen molar-refractivity contribution in [3.8, 4) is 0 Å². The van der Waals surface area contributed by atoms with E-state index in [1.54, 1.807) is 0 Å². The molecule has 2 unspecified atom stereocenters. The third-order valence-electron chi connectivity index (χ3n) is 5.19. The minimum Gasteiger partial charge on any atom is -0.366 e. The van der Waals surface area contributed by atoms with Gasteiger partial charge in [-0.25, -0.2) is 0 Å². The van der Waals surface area contributed by atoms with Gasteiger partial charge >= 0.3 is 0 Å². The first kappa shape index (κ1) is 14.9. The number of nitrogens with zero attached hydrogens (tertiary/aromatic N) is 2. The standard InChI is InChI=1S/C18H29N3/c1-14-11-16(8-9-19)6-7-18(14)21-13-17-5-3-4-10-20(17)12-15(21)2/h6-7,11,15,17H,3-5,8-10,12-13,19H2,1-2H3. The number of fused-ring (bicyclic) bond motifs is 1. The maximum atomic E-state index is 5.67. The van der Waals surface area contributed by atoms with E-state index in [9.17, 15) is 0 Å². The summed E-state index contributed by atoms with van der Waals surface area (Å²) in [6, 6.07) is 8.27. The van der Waals surface area contributed by atoms with Crippen molar-refractivity contribution in [1.82, 2.24) is 4.90 Å². The summed E-state index contributed by atoms with van der Waals surface area (Å²) in [5.74, 6) is 0. The Labute approximate surface area is 129 Å². The van der Waals surface area contributed by atoms with E-state index in [4.69, 9.17) is 5.73 Å². The van der Waals surface area contributed by atoms with Crippen molar-refractivity contribution in [2.45, 2.75) is 51.6 Å². The van der Waals surface area contributed by atoms with E-state index in [-0.39, 0.29) is 0 Å². The van der Waals surface area contributed by atoms with Gasteiger partial charge in [0.25, 0.3) is 0 Å². The van der Waals surface area contributed by atoms with E-state index in [0.29, 0.717) is 6.04 Å². The highest BCUT2D eigenvalue weighted by atomic mass is 15.3. The molecular formula is C18H29N3. The Morgan fingerprint density at radius 3 is 2.86 bits per heavy atom. The molecule has 3 heteroatoms. The Balaban J connectivity index is 1.79. The Bertz CT molecular complexity index is 485. The van der Waals surface area contributed by atoms with Crippen LogP contribution in [0.1, 0.15) is 37.3 Å². The fourth-order valence-electron chi connectivity index (χ4n) is 4.05. The van der Waals surface area contributed by atoms with Gasteiger partial charge in [0.15, 0.2) is 0 Å². The first-order valence-corrected chi connectivity index (χ1v) is 8.49. The van der Waals surface area contributed by atoms with Gasteiger partial charge in [-0.3, -0.25) is 4.90 Å². The van der Waals surface area contributed by atoms with E-state index in [2.05, 4.69) is 41.8 Å². The summed E-state index contributed by atoms with van der Waals surface area (Å²) in [4.78, 5) is 5.34. The summed E-state index contributed by atoms with van der Waals surface area (Å²) >= 11 is 0. The molecule has 1 aromatic rings. The van der Waals surface area contributed by atoms with Crippen molar-refractivity contribution in [2.75, 3.05) is 31.1 Å². The van der Waals surface area contributed by atoms with Gasteiger partial charge < -0.3 is 10.6 Å². The molecule has 0 aliphatic carbocycles. The Kier molecular flexibility index (Phi) is 4.51. The summed E-state index contributed by atoms with van der Waals surface area (Å²) in [7, 11) is 0. The van der Waals surface area contributed by atoms with Gasteiger partial charge in [0.2, 0.25) is 0 Å². The van der Waals surface area contributed by atoms with Crippen molar-refractivity contribution in [1.29, 1.82) is 0 Å². The number of rotatable bonds is 3. The highest BCUT2D eigenvalue weighted by Gasteiger charge is 2.33. The van der Waals surface area contributed by atoms with Crippen LogP contribution in [0.4, 0.5) is 5.69 Å². The number of aryl methyl sites for hydroxylation is 1. The van der Waals surface area contributed by atoms with Crippen LogP contribution in [-0.2, 0) is 6.42 Å². The molecule has 0 bridgehead atoms. The van der Waals surface area contributed by atoms with E-state index < -0.39 is 0 Å². The average Bonchev–Trinajstić information content (AvgIpc) is 2.47. The molecule has 0 spiro atoms. The lowest BCUT2D eigenvalue weighted by Crippen LogP contribution is -2.59. The lowest BCUT2D eigenvalue weighted by molar-refractivity contribution is 0.115. The molecule has 0 amide bonds. The van der Waals surface area contributed by atoms with Gasteiger partial charge in [0, 0.05) is 30.9 Å². The second kappa shape index (κ2) is 6.37. The molecular weight excluding hydrogens is 258 g/mol. The molecule has 0 saturated carbocycles. The largest absolute Gasteiger partial charge is 0.366 e. The normalized spacial score (nSPS) is 26.7. The van der Waals surface area contributed by atoms with Crippen molar-refractivity contribution >= 4 is 5.69 Å². The zero-order valence-electron chi connectivity index (χ0n) is 13.5. The minimum absolute atomic E-state index is 0.610. The summed E-state index contributed by atoms with van der Waals surface area (Å²) in [6.45, 7) is 9.06. The number of hydrogen-bond donors (Lipinski definition) is 1. The van der Waals surface area contributed by atoms with Gasteiger partial charge in [0.05, 0.1) is 0 Å². The van der Waals surface area contributed by atoms with Gasteiger partial charge in [-0.15, -0.1) is 0 Å². The Morgan fingerprint density at radius 1 is 1.24 bits per heavy atom. The maximum Gasteiger partial charge on any atom is 0.0399 e. The molecule has 0 aromatic heterocycles. The fraction of sp³-hybridized carbons (Fsp3) is 0.667. The maximum absolute atomic E-state index is 5.67. The van der Waals surface area contributed by atoms with Crippen LogP contribution in [0.15, 0.2) is 18.2 Å². The van der Waals surface area contributed by atoms with Crippen LogP contribution < -0.4 is 10.6 Å². The Morgan fingerprint density at radius 2 is 2.10 bits per heavy atom. The molecule has 2 aliphatic heterocycles. The number of benzene rings is 1. The molecule has 2 N–H and O–H groups in total. The predicted molar refractivity (Wildman–Crippen MR) is 90.0 cm³/mol. The van der Waals surface area contributed by atoms with E-state index >= 15 is 0 Å². The van der Waals surface area contributed by atoms with Crippen LogP contribution in [0.25, 0.3) is 0 Å². The minimum atomic E-state index is 0.610. The van der Waals surface area contributed by atoms with Gasteiger partial charge in [-0.05, 0) is 63.4 Å². The number of hydrogen-bond acceptors (Lipinski definition) is 3. The second-order valence-corrected chi connectivity index (χ2v) is 6.81. The first-order valence-electron chi connectivity index (χ1n) is 8.49. The molecule has 116 valence electrons. The van der Waals surface area contributed by atoms with Crippen molar-refractivity contribution in [2.24, 2.45) is 5.73 Å². The van der Waals surface area contributed by atoms with Gasteiger partial charge in [-0.2, -0.15) is 0 Å². The van der Waals surface area contributed by atoms with Crippen molar-refractivity contribution < 1.29 is 0 Å². The zero-order valence-corrected chi connectivity index (χ0v) is 13.5. The van der Waals surface area contributed by atoms with Crippen LogP contribution in [0.2, 0.25) is 0 Å². The molecule has 0 radical (unpaired) electrons. The molecule has 2 heterocycles. The summed E-state index contributed by atoms with van der Waals surface area (Å²) in [5.41, 5.74) is 9.86. The second-order valence-electron chi connectivity index (χ2n) is 6.81. The van der Waals surface area contributed by atoms with Crippen molar-refractivity contribution in [3.05, 3.63) is 29.3 Å². The fourth-order valence-corrected chi connectivity index (χ4v) is 4.05. The number of piperazine rings is 1. The summed E-state index contributed by atoms with van der Waals surface area (Å²) in [5, 5.41) is 0. The molecule has 3 nitrogen and oxygen atoms in total. The van der Waals surface area contributed by atoms with Crippen LogP contribution >= 0.6 is 0 Å². The number of nitrogens with two attached hydrogens (primary N) is 1. The molecule has 3 rings (SSSR count).